The maximum absolute atomic E-state index is 3.64. The summed E-state index contributed by atoms with van der Waals surface area (Å²) in [5, 5.41) is 7.09. The normalized spacial score (nSPS) is 34.7. The molecule has 3 atom stereocenters. The second-order valence-electron chi connectivity index (χ2n) is 5.37. The summed E-state index contributed by atoms with van der Waals surface area (Å²) in [5.74, 6) is 3.67. The zero-order valence-electron chi connectivity index (χ0n) is 9.55. The first-order valence-electron chi connectivity index (χ1n) is 6.19. The van der Waals surface area contributed by atoms with Crippen LogP contribution in [-0.4, -0.2) is 26.2 Å². The Kier molecular flexibility index (Phi) is 3.45. The van der Waals surface area contributed by atoms with Gasteiger partial charge in [0.1, 0.15) is 0 Å². The van der Waals surface area contributed by atoms with Crippen LogP contribution in [0.15, 0.2) is 0 Å². The Morgan fingerprint density at radius 3 is 2.71 bits per heavy atom. The maximum atomic E-state index is 3.64. The van der Waals surface area contributed by atoms with Gasteiger partial charge in [0.2, 0.25) is 0 Å². The van der Waals surface area contributed by atoms with E-state index in [9.17, 15) is 0 Å². The minimum Gasteiger partial charge on any atom is -0.316 e. The topological polar surface area (TPSA) is 24.1 Å². The van der Waals surface area contributed by atoms with Crippen molar-refractivity contribution in [3.63, 3.8) is 0 Å². The van der Waals surface area contributed by atoms with Crippen LogP contribution in [-0.2, 0) is 0 Å². The summed E-state index contributed by atoms with van der Waals surface area (Å²) < 4.78 is 0. The molecule has 0 spiro atoms. The minimum atomic E-state index is 0.860. The van der Waals surface area contributed by atoms with Crippen LogP contribution in [0, 0.1) is 23.7 Å². The van der Waals surface area contributed by atoms with Gasteiger partial charge in [0.25, 0.3) is 0 Å². The van der Waals surface area contributed by atoms with E-state index in [1.807, 2.05) is 0 Å². The van der Waals surface area contributed by atoms with Gasteiger partial charge in [0.05, 0.1) is 0 Å². The third-order valence-corrected chi connectivity index (χ3v) is 3.98. The van der Waals surface area contributed by atoms with Crippen LogP contribution in [0.25, 0.3) is 0 Å². The Morgan fingerprint density at radius 1 is 1.36 bits per heavy atom. The van der Waals surface area contributed by atoms with Crippen molar-refractivity contribution in [3.8, 4) is 0 Å². The Labute approximate surface area is 87.8 Å². The molecule has 2 fully saturated rings. The molecular formula is C12H24N2. The van der Waals surface area contributed by atoms with Gasteiger partial charge < -0.3 is 10.6 Å². The van der Waals surface area contributed by atoms with Crippen LogP contribution in [0.5, 0.6) is 0 Å². The van der Waals surface area contributed by atoms with Gasteiger partial charge >= 0.3 is 0 Å². The predicted octanol–water partition coefficient (Wildman–Crippen LogP) is 1.48. The lowest BCUT2D eigenvalue weighted by molar-refractivity contribution is 0.387. The van der Waals surface area contributed by atoms with Gasteiger partial charge in [-0.15, -0.1) is 0 Å². The molecule has 0 amide bonds. The Morgan fingerprint density at radius 2 is 2.14 bits per heavy atom. The zero-order chi connectivity index (χ0) is 9.97. The standard InChI is InChI=1S/C12H24N2/c1-9(11-3-4-11)5-13-7-12-8-14-6-10(12)2/h9-14H,3-8H2,1-2H3. The summed E-state index contributed by atoms with van der Waals surface area (Å²) in [4.78, 5) is 0. The maximum Gasteiger partial charge on any atom is -0.000523 e. The fraction of sp³-hybridized carbons (Fsp3) is 1.00. The largest absolute Gasteiger partial charge is 0.316 e. The first kappa shape index (κ1) is 10.4. The van der Waals surface area contributed by atoms with Gasteiger partial charge in [-0.3, -0.25) is 0 Å². The number of hydrogen-bond acceptors (Lipinski definition) is 2. The smallest absolute Gasteiger partial charge is 0.000523 e. The summed E-state index contributed by atoms with van der Waals surface area (Å²) in [6.07, 6.45) is 2.95. The highest BCUT2D eigenvalue weighted by Gasteiger charge is 2.28. The second kappa shape index (κ2) is 4.63. The van der Waals surface area contributed by atoms with E-state index in [1.54, 1.807) is 0 Å². The highest BCUT2D eigenvalue weighted by atomic mass is 14.9. The van der Waals surface area contributed by atoms with Crippen molar-refractivity contribution >= 4 is 0 Å². The van der Waals surface area contributed by atoms with Gasteiger partial charge in [0.15, 0.2) is 0 Å². The molecule has 0 aromatic heterocycles. The molecule has 1 saturated carbocycles. The van der Waals surface area contributed by atoms with Crippen molar-refractivity contribution in [1.29, 1.82) is 0 Å². The molecule has 2 heteroatoms. The van der Waals surface area contributed by atoms with E-state index in [4.69, 9.17) is 0 Å². The van der Waals surface area contributed by atoms with Gasteiger partial charge in [-0.25, -0.2) is 0 Å². The lowest BCUT2D eigenvalue weighted by Crippen LogP contribution is -2.30. The third kappa shape index (κ3) is 2.71. The molecule has 0 aromatic carbocycles. The fourth-order valence-electron chi connectivity index (χ4n) is 2.47. The van der Waals surface area contributed by atoms with Crippen LogP contribution >= 0.6 is 0 Å². The van der Waals surface area contributed by atoms with Crippen molar-refractivity contribution < 1.29 is 0 Å². The highest BCUT2D eigenvalue weighted by molar-refractivity contribution is 4.82. The summed E-state index contributed by atoms with van der Waals surface area (Å²) in [6.45, 7) is 9.62. The van der Waals surface area contributed by atoms with Crippen molar-refractivity contribution in [2.24, 2.45) is 23.7 Å². The van der Waals surface area contributed by atoms with E-state index in [0.29, 0.717) is 0 Å². The van der Waals surface area contributed by atoms with Crippen LogP contribution in [0.1, 0.15) is 26.7 Å². The van der Waals surface area contributed by atoms with Gasteiger partial charge in [-0.05, 0) is 62.7 Å². The molecular weight excluding hydrogens is 172 g/mol. The Bertz CT molecular complexity index is 177. The molecule has 2 aliphatic rings. The van der Waals surface area contributed by atoms with Crippen LogP contribution in [0.4, 0.5) is 0 Å². The summed E-state index contributed by atoms with van der Waals surface area (Å²) in [6, 6.07) is 0. The molecule has 14 heavy (non-hydrogen) atoms. The molecule has 1 aliphatic carbocycles. The first-order valence-corrected chi connectivity index (χ1v) is 6.19. The van der Waals surface area contributed by atoms with Crippen LogP contribution < -0.4 is 10.6 Å². The number of rotatable bonds is 5. The number of nitrogens with one attached hydrogen (secondary N) is 2. The van der Waals surface area contributed by atoms with Gasteiger partial charge in [-0.2, -0.15) is 0 Å². The van der Waals surface area contributed by atoms with Crippen LogP contribution in [0.3, 0.4) is 0 Å². The average molecular weight is 196 g/mol. The molecule has 82 valence electrons. The second-order valence-corrected chi connectivity index (χ2v) is 5.37. The van der Waals surface area contributed by atoms with E-state index < -0.39 is 0 Å². The van der Waals surface area contributed by atoms with E-state index in [1.165, 1.54) is 39.0 Å². The molecule has 3 unspecified atom stereocenters. The molecule has 0 bridgehead atoms. The average Bonchev–Trinajstić information content (AvgIpc) is 2.93. The van der Waals surface area contributed by atoms with Crippen molar-refractivity contribution in [1.82, 2.24) is 10.6 Å². The number of hydrogen-bond donors (Lipinski definition) is 2. The van der Waals surface area contributed by atoms with E-state index in [2.05, 4.69) is 24.5 Å². The van der Waals surface area contributed by atoms with E-state index in [0.717, 1.165) is 23.7 Å². The third-order valence-electron chi connectivity index (χ3n) is 3.98. The molecule has 0 aromatic rings. The van der Waals surface area contributed by atoms with Crippen molar-refractivity contribution in [2.75, 3.05) is 26.2 Å². The van der Waals surface area contributed by atoms with Crippen molar-refractivity contribution in [3.05, 3.63) is 0 Å². The lowest BCUT2D eigenvalue weighted by Gasteiger charge is -2.17. The molecule has 2 nitrogen and oxygen atoms in total. The zero-order valence-corrected chi connectivity index (χ0v) is 9.55. The molecule has 2 N–H and O–H groups in total. The van der Waals surface area contributed by atoms with Gasteiger partial charge in [-0.1, -0.05) is 13.8 Å². The predicted molar refractivity (Wildman–Crippen MR) is 60.3 cm³/mol. The highest BCUT2D eigenvalue weighted by Crippen LogP contribution is 2.36. The molecule has 2 rings (SSSR count). The summed E-state index contributed by atoms with van der Waals surface area (Å²) >= 11 is 0. The lowest BCUT2D eigenvalue weighted by atomic mass is 9.98. The van der Waals surface area contributed by atoms with Gasteiger partial charge in [0, 0.05) is 0 Å². The quantitative estimate of drug-likeness (QED) is 0.696. The molecule has 0 radical (unpaired) electrons. The monoisotopic (exact) mass is 196 g/mol. The molecule has 1 saturated heterocycles. The minimum absolute atomic E-state index is 0.860. The van der Waals surface area contributed by atoms with Crippen molar-refractivity contribution in [2.45, 2.75) is 26.7 Å². The fourth-order valence-corrected chi connectivity index (χ4v) is 2.47. The van der Waals surface area contributed by atoms with E-state index >= 15 is 0 Å². The Hall–Kier alpha value is -0.0800. The van der Waals surface area contributed by atoms with E-state index in [-0.39, 0.29) is 0 Å². The SMILES string of the molecule is CC(CNCC1CNCC1C)C1CC1. The van der Waals surface area contributed by atoms with Crippen LogP contribution in [0.2, 0.25) is 0 Å². The first-order chi connectivity index (χ1) is 6.77. The molecule has 1 heterocycles. The summed E-state index contributed by atoms with van der Waals surface area (Å²) in [7, 11) is 0. The Balaban J connectivity index is 1.57. The summed E-state index contributed by atoms with van der Waals surface area (Å²) in [5.41, 5.74) is 0. The molecule has 1 aliphatic heterocycles.